The number of carbonyl (C=O) groups is 1. The van der Waals surface area contributed by atoms with Gasteiger partial charge < -0.3 is 14.1 Å². The Hall–Kier alpha value is -2.81. The number of hydrogen-bond donors (Lipinski definition) is 0. The zero-order valence-corrected chi connectivity index (χ0v) is 15.7. The molecule has 0 atom stereocenters. The zero-order valence-electron chi connectivity index (χ0n) is 15.7. The smallest absolute Gasteiger partial charge is 0.420 e. The topological polar surface area (TPSA) is 60.5 Å². The fourth-order valence-electron chi connectivity index (χ4n) is 2.96. The third kappa shape index (κ3) is 3.75. The van der Waals surface area contributed by atoms with E-state index in [1.807, 2.05) is 0 Å². The Balaban J connectivity index is 2.28. The molecule has 3 rings (SSSR count). The van der Waals surface area contributed by atoms with E-state index in [9.17, 15) is 18.0 Å². The summed E-state index contributed by atoms with van der Waals surface area (Å²) in [4.78, 5) is 14.2. The molecular formula is C19H20F3N3O3. The van der Waals surface area contributed by atoms with E-state index in [4.69, 9.17) is 9.15 Å². The summed E-state index contributed by atoms with van der Waals surface area (Å²) < 4.78 is 53.4. The van der Waals surface area contributed by atoms with Crippen LogP contribution in [-0.2, 0) is 17.5 Å². The SMILES string of the molecule is CCOC(=O)c1c(C(F)(F)F)c(-c2cccc3ccoc23)nn1CCN(C)C. The molecule has 0 radical (unpaired) electrons. The summed E-state index contributed by atoms with van der Waals surface area (Å²) in [5.41, 5.74) is -1.62. The number of alkyl halides is 3. The molecule has 2 aromatic heterocycles. The Morgan fingerprint density at radius 1 is 1.29 bits per heavy atom. The van der Waals surface area contributed by atoms with Gasteiger partial charge in [0.25, 0.3) is 0 Å². The second kappa shape index (κ2) is 7.67. The van der Waals surface area contributed by atoms with E-state index in [2.05, 4.69) is 5.10 Å². The van der Waals surface area contributed by atoms with Gasteiger partial charge in [-0.25, -0.2) is 4.79 Å². The van der Waals surface area contributed by atoms with Crippen LogP contribution < -0.4 is 0 Å². The average Bonchev–Trinajstić information content (AvgIpc) is 3.24. The monoisotopic (exact) mass is 395 g/mol. The van der Waals surface area contributed by atoms with Crippen LogP contribution in [0.5, 0.6) is 0 Å². The van der Waals surface area contributed by atoms with Gasteiger partial charge in [-0.1, -0.05) is 12.1 Å². The third-order valence-corrected chi connectivity index (χ3v) is 4.20. The standard InChI is InChI=1S/C19H20F3N3O3/c1-4-27-18(26)16-14(19(20,21)22)15(23-25(16)10-9-24(2)3)13-7-5-6-12-8-11-28-17(12)13/h5-8,11H,4,9-10H2,1-3H3. The maximum atomic E-state index is 14.0. The van der Waals surface area contributed by atoms with E-state index in [0.717, 1.165) is 4.68 Å². The van der Waals surface area contributed by atoms with Crippen LogP contribution in [0.15, 0.2) is 34.9 Å². The second-order valence-electron chi connectivity index (χ2n) is 6.46. The van der Waals surface area contributed by atoms with Gasteiger partial charge in [0.2, 0.25) is 0 Å². The van der Waals surface area contributed by atoms with Crippen molar-refractivity contribution in [2.45, 2.75) is 19.6 Å². The van der Waals surface area contributed by atoms with Crippen LogP contribution in [0.4, 0.5) is 13.2 Å². The minimum Gasteiger partial charge on any atom is -0.464 e. The highest BCUT2D eigenvalue weighted by Crippen LogP contribution is 2.41. The molecule has 0 aliphatic heterocycles. The number of ether oxygens (including phenoxy) is 1. The predicted molar refractivity (Wildman–Crippen MR) is 96.9 cm³/mol. The van der Waals surface area contributed by atoms with Crippen LogP contribution >= 0.6 is 0 Å². The summed E-state index contributed by atoms with van der Waals surface area (Å²) in [7, 11) is 3.56. The normalized spacial score (nSPS) is 12.1. The molecule has 6 nitrogen and oxygen atoms in total. The Morgan fingerprint density at radius 2 is 2.04 bits per heavy atom. The number of halogens is 3. The first-order chi connectivity index (χ1) is 13.2. The molecule has 9 heteroatoms. The van der Waals surface area contributed by atoms with E-state index >= 15 is 0 Å². The van der Waals surface area contributed by atoms with Gasteiger partial charge in [-0.2, -0.15) is 18.3 Å². The molecule has 0 spiro atoms. The molecule has 0 fully saturated rings. The summed E-state index contributed by atoms with van der Waals surface area (Å²) in [6, 6.07) is 6.50. The largest absolute Gasteiger partial charge is 0.464 e. The molecule has 150 valence electrons. The molecule has 3 aromatic rings. The number of hydrogen-bond acceptors (Lipinski definition) is 5. The Labute approximate surface area is 159 Å². The van der Waals surface area contributed by atoms with Crippen molar-refractivity contribution in [3.63, 3.8) is 0 Å². The van der Waals surface area contributed by atoms with Gasteiger partial charge >= 0.3 is 12.1 Å². The lowest BCUT2D eigenvalue weighted by molar-refractivity contribution is -0.137. The quantitative estimate of drug-likeness (QED) is 0.590. The molecule has 0 bridgehead atoms. The van der Waals surface area contributed by atoms with Crippen LogP contribution in [0.1, 0.15) is 23.0 Å². The van der Waals surface area contributed by atoms with Gasteiger partial charge in [0.05, 0.1) is 19.4 Å². The number of aromatic nitrogens is 2. The number of fused-ring (bicyclic) bond motifs is 1. The molecule has 0 unspecified atom stereocenters. The van der Waals surface area contributed by atoms with E-state index in [-0.39, 0.29) is 30.0 Å². The minimum atomic E-state index is -4.80. The van der Waals surface area contributed by atoms with Crippen molar-refractivity contribution in [3.8, 4) is 11.3 Å². The minimum absolute atomic E-state index is 0.0436. The highest BCUT2D eigenvalue weighted by molar-refractivity contribution is 5.96. The number of benzene rings is 1. The zero-order chi connectivity index (χ0) is 20.5. The van der Waals surface area contributed by atoms with Crippen molar-refractivity contribution in [3.05, 3.63) is 41.8 Å². The van der Waals surface area contributed by atoms with Crippen LogP contribution in [-0.4, -0.2) is 47.9 Å². The highest BCUT2D eigenvalue weighted by atomic mass is 19.4. The summed E-state index contributed by atoms with van der Waals surface area (Å²) in [5, 5.41) is 4.81. The predicted octanol–water partition coefficient (Wildman–Crippen LogP) is 4.05. The number of carbonyl (C=O) groups excluding carboxylic acids is 1. The molecule has 1 aromatic carbocycles. The maximum absolute atomic E-state index is 14.0. The molecule has 0 aliphatic carbocycles. The molecule has 0 amide bonds. The third-order valence-electron chi connectivity index (χ3n) is 4.20. The molecular weight excluding hydrogens is 375 g/mol. The molecule has 0 saturated heterocycles. The number of nitrogens with zero attached hydrogens (tertiary/aromatic N) is 3. The molecule has 0 aliphatic rings. The molecule has 0 saturated carbocycles. The fourth-order valence-corrected chi connectivity index (χ4v) is 2.96. The lowest BCUT2D eigenvalue weighted by Crippen LogP contribution is -2.23. The Bertz CT molecular complexity index is 989. The second-order valence-corrected chi connectivity index (χ2v) is 6.46. The first-order valence-corrected chi connectivity index (χ1v) is 8.70. The van der Waals surface area contributed by atoms with Crippen molar-refractivity contribution in [1.82, 2.24) is 14.7 Å². The Morgan fingerprint density at radius 3 is 2.68 bits per heavy atom. The Kier molecular flexibility index (Phi) is 5.46. The summed E-state index contributed by atoms with van der Waals surface area (Å²) >= 11 is 0. The lowest BCUT2D eigenvalue weighted by atomic mass is 10.0. The van der Waals surface area contributed by atoms with Gasteiger partial charge in [0, 0.05) is 17.5 Å². The van der Waals surface area contributed by atoms with Crippen LogP contribution in [0.25, 0.3) is 22.2 Å². The number of furan rings is 1. The average molecular weight is 395 g/mol. The summed E-state index contributed by atoms with van der Waals surface area (Å²) in [6.07, 6.45) is -3.40. The maximum Gasteiger partial charge on any atom is 0.420 e. The van der Waals surface area contributed by atoms with E-state index in [1.165, 1.54) is 19.3 Å². The van der Waals surface area contributed by atoms with Gasteiger partial charge in [0.1, 0.15) is 16.8 Å². The number of esters is 1. The van der Waals surface area contributed by atoms with Crippen molar-refractivity contribution >= 4 is 16.9 Å². The van der Waals surface area contributed by atoms with Gasteiger partial charge in [-0.05, 0) is 33.2 Å². The van der Waals surface area contributed by atoms with Gasteiger partial charge in [-0.15, -0.1) is 0 Å². The lowest BCUT2D eigenvalue weighted by Gasteiger charge is -2.13. The van der Waals surface area contributed by atoms with Crippen LogP contribution in [0.3, 0.4) is 0 Å². The van der Waals surface area contributed by atoms with Gasteiger partial charge in [-0.3, -0.25) is 4.68 Å². The molecule has 28 heavy (non-hydrogen) atoms. The number of rotatable bonds is 6. The summed E-state index contributed by atoms with van der Waals surface area (Å²) in [5.74, 6) is -1.06. The number of likely N-dealkylation sites (N-methyl/N-ethyl adjacent to an activating group) is 1. The first-order valence-electron chi connectivity index (χ1n) is 8.70. The van der Waals surface area contributed by atoms with Crippen molar-refractivity contribution in [2.24, 2.45) is 0 Å². The van der Waals surface area contributed by atoms with E-state index in [0.29, 0.717) is 11.9 Å². The molecule has 0 N–H and O–H groups in total. The van der Waals surface area contributed by atoms with Crippen molar-refractivity contribution in [1.29, 1.82) is 0 Å². The number of para-hydroxylation sites is 1. The first kappa shape index (κ1) is 19.9. The van der Waals surface area contributed by atoms with Gasteiger partial charge in [0.15, 0.2) is 5.69 Å². The highest BCUT2D eigenvalue weighted by Gasteiger charge is 2.43. The van der Waals surface area contributed by atoms with E-state index in [1.54, 1.807) is 37.2 Å². The summed E-state index contributed by atoms with van der Waals surface area (Å²) in [6.45, 7) is 1.99. The molecule has 2 heterocycles. The van der Waals surface area contributed by atoms with Crippen molar-refractivity contribution in [2.75, 3.05) is 27.2 Å². The van der Waals surface area contributed by atoms with Crippen molar-refractivity contribution < 1.29 is 27.1 Å². The van der Waals surface area contributed by atoms with Crippen LogP contribution in [0.2, 0.25) is 0 Å². The van der Waals surface area contributed by atoms with E-state index < -0.39 is 23.4 Å². The van der Waals surface area contributed by atoms with Crippen LogP contribution in [0, 0.1) is 0 Å². The fraction of sp³-hybridized carbons (Fsp3) is 0.368.